The number of fused-ring (bicyclic) bond motifs is 1. The molecular weight excluding hydrogens is 318 g/mol. The van der Waals surface area contributed by atoms with Crippen molar-refractivity contribution in [3.63, 3.8) is 0 Å². The lowest BCUT2D eigenvalue weighted by atomic mass is 10.0. The zero-order chi connectivity index (χ0) is 16.4. The van der Waals surface area contributed by atoms with E-state index in [0.717, 1.165) is 18.5 Å². The van der Waals surface area contributed by atoms with Gasteiger partial charge in [0.1, 0.15) is 12.3 Å². The Labute approximate surface area is 136 Å². The number of carbonyl (C=O) groups is 3. The Kier molecular flexibility index (Phi) is 4.24. The standard InChI is InChI=1S/C15H15N3O4S/c1-8(16-14(21)9-5-6-22-7-9)13(20)18-15-17-10-3-2-4-11(19)12(10)23-15/h5-8H,2-4H2,1H3,(H,16,21)(H,17,18,20)/t8-/m1/s1. The van der Waals surface area contributed by atoms with Gasteiger partial charge in [0.15, 0.2) is 10.9 Å². The van der Waals surface area contributed by atoms with Gasteiger partial charge in [0.05, 0.1) is 22.4 Å². The first-order chi connectivity index (χ1) is 11.0. The first-order valence-electron chi connectivity index (χ1n) is 7.21. The molecule has 120 valence electrons. The molecule has 8 heteroatoms. The number of amides is 2. The van der Waals surface area contributed by atoms with Crippen LogP contribution < -0.4 is 10.6 Å². The molecule has 2 aromatic rings. The average molecular weight is 333 g/mol. The van der Waals surface area contributed by atoms with E-state index in [0.29, 0.717) is 22.0 Å². The number of hydrogen-bond acceptors (Lipinski definition) is 6. The van der Waals surface area contributed by atoms with Gasteiger partial charge in [-0.3, -0.25) is 14.4 Å². The monoisotopic (exact) mass is 333 g/mol. The lowest BCUT2D eigenvalue weighted by molar-refractivity contribution is -0.117. The molecule has 1 aliphatic rings. The van der Waals surface area contributed by atoms with Gasteiger partial charge in [-0.2, -0.15) is 0 Å². The molecule has 0 radical (unpaired) electrons. The quantitative estimate of drug-likeness (QED) is 0.891. The summed E-state index contributed by atoms with van der Waals surface area (Å²) in [7, 11) is 0. The molecule has 0 saturated carbocycles. The molecule has 0 saturated heterocycles. The lowest BCUT2D eigenvalue weighted by Crippen LogP contribution is -2.41. The van der Waals surface area contributed by atoms with Crippen molar-refractivity contribution in [2.45, 2.75) is 32.2 Å². The van der Waals surface area contributed by atoms with Gasteiger partial charge in [0.2, 0.25) is 5.91 Å². The molecule has 2 heterocycles. The number of Topliss-reactive ketones (excluding diaryl/α,β-unsaturated/α-hetero) is 1. The van der Waals surface area contributed by atoms with Gasteiger partial charge in [0.25, 0.3) is 5.91 Å². The normalized spacial score (nSPS) is 14.9. The number of hydrogen-bond donors (Lipinski definition) is 2. The number of rotatable bonds is 4. The van der Waals surface area contributed by atoms with Crippen LogP contribution in [0.15, 0.2) is 23.0 Å². The summed E-state index contributed by atoms with van der Waals surface area (Å²) in [6.07, 6.45) is 4.76. The van der Waals surface area contributed by atoms with Crippen LogP contribution in [0.2, 0.25) is 0 Å². The van der Waals surface area contributed by atoms with E-state index >= 15 is 0 Å². The third-order valence-corrected chi connectivity index (χ3v) is 4.58. The van der Waals surface area contributed by atoms with E-state index in [9.17, 15) is 14.4 Å². The summed E-state index contributed by atoms with van der Waals surface area (Å²) >= 11 is 1.19. The fourth-order valence-electron chi connectivity index (χ4n) is 2.28. The molecule has 0 bridgehead atoms. The summed E-state index contributed by atoms with van der Waals surface area (Å²) in [6.45, 7) is 1.58. The Balaban J connectivity index is 1.62. The zero-order valence-corrected chi connectivity index (χ0v) is 13.2. The number of furan rings is 1. The summed E-state index contributed by atoms with van der Waals surface area (Å²) in [5.41, 5.74) is 1.09. The van der Waals surface area contributed by atoms with Crippen LogP contribution in [0.25, 0.3) is 0 Å². The van der Waals surface area contributed by atoms with Crippen molar-refractivity contribution >= 4 is 34.1 Å². The molecule has 1 atom stereocenters. The first kappa shape index (κ1) is 15.4. The van der Waals surface area contributed by atoms with Gasteiger partial charge in [-0.1, -0.05) is 11.3 Å². The first-order valence-corrected chi connectivity index (χ1v) is 8.03. The van der Waals surface area contributed by atoms with Gasteiger partial charge in [-0.15, -0.1) is 0 Å². The Hall–Kier alpha value is -2.48. The minimum atomic E-state index is -0.742. The molecule has 0 aromatic carbocycles. The Morgan fingerprint density at radius 3 is 2.91 bits per heavy atom. The van der Waals surface area contributed by atoms with Crippen LogP contribution >= 0.6 is 11.3 Å². The van der Waals surface area contributed by atoms with Crippen LogP contribution in [-0.4, -0.2) is 28.6 Å². The maximum Gasteiger partial charge on any atom is 0.255 e. The van der Waals surface area contributed by atoms with Gasteiger partial charge >= 0.3 is 0 Å². The number of anilines is 1. The number of aromatic nitrogens is 1. The van der Waals surface area contributed by atoms with E-state index in [2.05, 4.69) is 15.6 Å². The molecule has 0 unspecified atom stereocenters. The van der Waals surface area contributed by atoms with Crippen LogP contribution in [0.5, 0.6) is 0 Å². The van der Waals surface area contributed by atoms with Gasteiger partial charge in [0, 0.05) is 6.42 Å². The summed E-state index contributed by atoms with van der Waals surface area (Å²) in [4.78, 5) is 40.7. The largest absolute Gasteiger partial charge is 0.472 e. The number of aryl methyl sites for hydroxylation is 1. The smallest absolute Gasteiger partial charge is 0.255 e. The van der Waals surface area contributed by atoms with E-state index in [-0.39, 0.29) is 11.7 Å². The highest BCUT2D eigenvalue weighted by Gasteiger charge is 2.24. The van der Waals surface area contributed by atoms with E-state index in [1.54, 1.807) is 6.92 Å². The topological polar surface area (TPSA) is 101 Å². The molecule has 2 amide bonds. The molecule has 0 spiro atoms. The third-order valence-electron chi connectivity index (χ3n) is 3.52. The molecule has 2 aromatic heterocycles. The highest BCUT2D eigenvalue weighted by atomic mass is 32.1. The van der Waals surface area contributed by atoms with E-state index in [4.69, 9.17) is 4.42 Å². The molecule has 1 aliphatic carbocycles. The predicted octanol–water partition coefficient (Wildman–Crippen LogP) is 2.01. The number of thiazole rings is 1. The van der Waals surface area contributed by atoms with Crippen molar-refractivity contribution in [1.29, 1.82) is 0 Å². The van der Waals surface area contributed by atoms with Gasteiger partial charge < -0.3 is 15.1 Å². The zero-order valence-electron chi connectivity index (χ0n) is 12.4. The third kappa shape index (κ3) is 3.31. The highest BCUT2D eigenvalue weighted by molar-refractivity contribution is 7.17. The van der Waals surface area contributed by atoms with E-state index in [1.807, 2.05) is 0 Å². The highest BCUT2D eigenvalue weighted by Crippen LogP contribution is 2.29. The maximum atomic E-state index is 12.1. The minimum absolute atomic E-state index is 0.0746. The second kappa shape index (κ2) is 6.33. The summed E-state index contributed by atoms with van der Waals surface area (Å²) in [5.74, 6) is -0.707. The van der Waals surface area contributed by atoms with Gasteiger partial charge in [-0.25, -0.2) is 4.98 Å². The van der Waals surface area contributed by atoms with Crippen LogP contribution in [0.1, 0.15) is 45.5 Å². The van der Waals surface area contributed by atoms with Crippen LogP contribution in [0.4, 0.5) is 5.13 Å². The number of nitrogens with one attached hydrogen (secondary N) is 2. The molecule has 3 rings (SSSR count). The second-order valence-corrected chi connectivity index (χ2v) is 6.27. The SMILES string of the molecule is C[C@@H](NC(=O)c1ccoc1)C(=O)Nc1nc2c(s1)C(=O)CCC2. The minimum Gasteiger partial charge on any atom is -0.472 e. The Morgan fingerprint density at radius 2 is 2.22 bits per heavy atom. The fraction of sp³-hybridized carbons (Fsp3) is 0.333. The fourth-order valence-corrected chi connectivity index (χ4v) is 3.26. The van der Waals surface area contributed by atoms with Crippen molar-refractivity contribution in [2.24, 2.45) is 0 Å². The lowest BCUT2D eigenvalue weighted by Gasteiger charge is -2.12. The molecule has 0 aliphatic heterocycles. The van der Waals surface area contributed by atoms with Crippen molar-refractivity contribution < 1.29 is 18.8 Å². The van der Waals surface area contributed by atoms with E-state index in [1.165, 1.54) is 29.9 Å². The predicted molar refractivity (Wildman–Crippen MR) is 83.6 cm³/mol. The molecule has 0 fully saturated rings. The molecule has 2 N–H and O–H groups in total. The van der Waals surface area contributed by atoms with Crippen molar-refractivity contribution in [2.75, 3.05) is 5.32 Å². The Morgan fingerprint density at radius 1 is 1.39 bits per heavy atom. The second-order valence-electron chi connectivity index (χ2n) is 5.27. The van der Waals surface area contributed by atoms with Crippen LogP contribution in [0, 0.1) is 0 Å². The van der Waals surface area contributed by atoms with Crippen LogP contribution in [0.3, 0.4) is 0 Å². The summed E-state index contributed by atoms with van der Waals surface area (Å²) in [5, 5.41) is 5.61. The molecule has 7 nitrogen and oxygen atoms in total. The molecular formula is C15H15N3O4S. The maximum absolute atomic E-state index is 12.1. The molecule has 23 heavy (non-hydrogen) atoms. The number of nitrogens with zero attached hydrogens (tertiary/aromatic N) is 1. The number of carbonyl (C=O) groups excluding carboxylic acids is 3. The average Bonchev–Trinajstić information content (AvgIpc) is 3.16. The number of ketones is 1. The van der Waals surface area contributed by atoms with Crippen molar-refractivity contribution in [1.82, 2.24) is 10.3 Å². The summed E-state index contributed by atoms with van der Waals surface area (Å²) in [6, 6.07) is 0.773. The van der Waals surface area contributed by atoms with E-state index < -0.39 is 11.9 Å². The Bertz CT molecular complexity index is 751. The van der Waals surface area contributed by atoms with Crippen molar-refractivity contribution in [3.8, 4) is 0 Å². The van der Waals surface area contributed by atoms with Gasteiger partial charge in [-0.05, 0) is 25.8 Å². The van der Waals surface area contributed by atoms with Crippen molar-refractivity contribution in [3.05, 3.63) is 34.7 Å². The summed E-state index contributed by atoms with van der Waals surface area (Å²) < 4.78 is 4.83. The van der Waals surface area contributed by atoms with Crippen LogP contribution in [-0.2, 0) is 11.2 Å².